The highest BCUT2D eigenvalue weighted by atomic mass is 16.5. The lowest BCUT2D eigenvalue weighted by Gasteiger charge is -2.29. The predicted molar refractivity (Wildman–Crippen MR) is 119 cm³/mol. The van der Waals surface area contributed by atoms with Crippen LogP contribution in [-0.4, -0.2) is 63.8 Å². The number of carbonyl (C=O) groups is 2. The molecular formula is C24H26N2O6. The lowest BCUT2D eigenvalue weighted by atomic mass is 10.0. The number of nitrogens with zero attached hydrogens (tertiary/aromatic N) is 2. The van der Waals surface area contributed by atoms with E-state index in [1.807, 2.05) is 17.9 Å². The van der Waals surface area contributed by atoms with Crippen molar-refractivity contribution in [3.8, 4) is 17.2 Å². The molecule has 8 nitrogen and oxygen atoms in total. The molecule has 0 atom stereocenters. The molecule has 32 heavy (non-hydrogen) atoms. The van der Waals surface area contributed by atoms with Gasteiger partial charge >= 0.3 is 0 Å². The van der Waals surface area contributed by atoms with E-state index in [9.17, 15) is 9.59 Å². The van der Waals surface area contributed by atoms with E-state index in [-0.39, 0.29) is 5.91 Å². The van der Waals surface area contributed by atoms with Crippen molar-refractivity contribution in [1.29, 1.82) is 0 Å². The molecule has 2 heterocycles. The van der Waals surface area contributed by atoms with E-state index in [4.69, 9.17) is 18.9 Å². The summed E-state index contributed by atoms with van der Waals surface area (Å²) >= 11 is 0. The number of ether oxygens (including phenoxy) is 4. The average Bonchev–Trinajstić information content (AvgIpc) is 3.09. The van der Waals surface area contributed by atoms with Crippen molar-refractivity contribution in [1.82, 2.24) is 4.90 Å². The van der Waals surface area contributed by atoms with E-state index >= 15 is 0 Å². The van der Waals surface area contributed by atoms with Crippen molar-refractivity contribution in [2.75, 3.05) is 52.0 Å². The van der Waals surface area contributed by atoms with Crippen LogP contribution in [0.1, 0.15) is 12.5 Å². The van der Waals surface area contributed by atoms with Crippen LogP contribution in [0.4, 0.5) is 5.69 Å². The standard InChI is InChI=1S/C24H26N2O6/c1-4-32-18-8-6-5-7-17(18)26-23(27)21(16-9-10-19(29-2)20(15-16)30-3)22(24(26)28)25-11-13-31-14-12-25/h5-10,15H,4,11-14H2,1-3H3. The van der Waals surface area contributed by atoms with Crippen LogP contribution in [0.2, 0.25) is 0 Å². The number of morpholine rings is 1. The molecule has 1 saturated heterocycles. The molecule has 2 aliphatic rings. The van der Waals surface area contributed by atoms with Crippen LogP contribution < -0.4 is 19.1 Å². The Balaban J connectivity index is 1.85. The number of imide groups is 1. The van der Waals surface area contributed by atoms with Gasteiger partial charge in [-0.1, -0.05) is 18.2 Å². The Bertz CT molecular complexity index is 1060. The van der Waals surface area contributed by atoms with Gasteiger partial charge in [0, 0.05) is 13.1 Å². The fourth-order valence-corrected chi connectivity index (χ4v) is 3.99. The molecule has 2 amide bonds. The normalized spacial score (nSPS) is 16.6. The highest BCUT2D eigenvalue weighted by molar-refractivity contribution is 6.45. The van der Waals surface area contributed by atoms with Crippen molar-refractivity contribution in [3.63, 3.8) is 0 Å². The average molecular weight is 438 g/mol. The molecule has 0 aliphatic carbocycles. The Labute approximate surface area is 186 Å². The van der Waals surface area contributed by atoms with Crippen LogP contribution in [0.5, 0.6) is 17.2 Å². The van der Waals surface area contributed by atoms with Gasteiger partial charge in [0.25, 0.3) is 11.8 Å². The minimum Gasteiger partial charge on any atom is -0.493 e. The van der Waals surface area contributed by atoms with Crippen LogP contribution in [-0.2, 0) is 14.3 Å². The lowest BCUT2D eigenvalue weighted by molar-refractivity contribution is -0.121. The van der Waals surface area contributed by atoms with Crippen molar-refractivity contribution in [3.05, 3.63) is 53.7 Å². The smallest absolute Gasteiger partial charge is 0.282 e. The second kappa shape index (κ2) is 9.32. The topological polar surface area (TPSA) is 77.5 Å². The number of hydrogen-bond donors (Lipinski definition) is 0. The summed E-state index contributed by atoms with van der Waals surface area (Å²) in [6.45, 7) is 4.29. The number of para-hydroxylation sites is 2. The van der Waals surface area contributed by atoms with Gasteiger partial charge in [0.1, 0.15) is 11.4 Å². The third-order valence-corrected chi connectivity index (χ3v) is 5.46. The summed E-state index contributed by atoms with van der Waals surface area (Å²) in [4.78, 5) is 30.5. The molecule has 0 unspecified atom stereocenters. The lowest BCUT2D eigenvalue weighted by Crippen LogP contribution is -2.40. The maximum Gasteiger partial charge on any atom is 0.282 e. The molecule has 8 heteroatoms. The van der Waals surface area contributed by atoms with Crippen LogP contribution in [0.15, 0.2) is 48.2 Å². The van der Waals surface area contributed by atoms with E-state index in [1.165, 1.54) is 12.0 Å². The van der Waals surface area contributed by atoms with Crippen molar-refractivity contribution >= 4 is 23.1 Å². The fourth-order valence-electron chi connectivity index (χ4n) is 3.99. The number of rotatable bonds is 7. The van der Waals surface area contributed by atoms with E-state index in [1.54, 1.807) is 43.5 Å². The Morgan fingerprint density at radius 1 is 0.906 bits per heavy atom. The minimum absolute atomic E-state index is 0.323. The highest BCUT2D eigenvalue weighted by Crippen LogP contribution is 2.40. The molecular weight excluding hydrogens is 412 g/mol. The highest BCUT2D eigenvalue weighted by Gasteiger charge is 2.44. The second-order valence-electron chi connectivity index (χ2n) is 7.24. The SMILES string of the molecule is CCOc1ccccc1N1C(=O)C(c2ccc(OC)c(OC)c2)=C(N2CCOCC2)C1=O. The zero-order valence-corrected chi connectivity index (χ0v) is 18.4. The Hall–Kier alpha value is -3.52. The zero-order valence-electron chi connectivity index (χ0n) is 18.4. The van der Waals surface area contributed by atoms with E-state index in [0.29, 0.717) is 72.7 Å². The first kappa shape index (κ1) is 21.7. The molecule has 2 aromatic rings. The van der Waals surface area contributed by atoms with E-state index in [0.717, 1.165) is 0 Å². The van der Waals surface area contributed by atoms with E-state index in [2.05, 4.69) is 0 Å². The van der Waals surface area contributed by atoms with Crippen LogP contribution in [0.25, 0.3) is 5.57 Å². The molecule has 4 rings (SSSR count). The Morgan fingerprint density at radius 3 is 2.31 bits per heavy atom. The minimum atomic E-state index is -0.407. The summed E-state index contributed by atoms with van der Waals surface area (Å²) in [6, 6.07) is 12.3. The quantitative estimate of drug-likeness (QED) is 0.615. The van der Waals surface area contributed by atoms with Gasteiger partial charge in [0.2, 0.25) is 0 Å². The number of benzene rings is 2. The first-order valence-electron chi connectivity index (χ1n) is 10.5. The van der Waals surface area contributed by atoms with Crippen LogP contribution in [0.3, 0.4) is 0 Å². The molecule has 168 valence electrons. The largest absolute Gasteiger partial charge is 0.493 e. The third kappa shape index (κ3) is 3.78. The predicted octanol–water partition coefficient (Wildman–Crippen LogP) is 2.72. The van der Waals surface area contributed by atoms with Crippen molar-refractivity contribution in [2.24, 2.45) is 0 Å². The first-order valence-corrected chi connectivity index (χ1v) is 10.5. The maximum absolute atomic E-state index is 13.7. The van der Waals surface area contributed by atoms with Crippen LogP contribution >= 0.6 is 0 Å². The number of anilines is 1. The monoisotopic (exact) mass is 438 g/mol. The molecule has 0 N–H and O–H groups in total. The second-order valence-corrected chi connectivity index (χ2v) is 7.24. The third-order valence-electron chi connectivity index (χ3n) is 5.46. The summed E-state index contributed by atoms with van der Waals surface area (Å²) in [5.41, 5.74) is 1.69. The number of amides is 2. The fraction of sp³-hybridized carbons (Fsp3) is 0.333. The van der Waals surface area contributed by atoms with E-state index < -0.39 is 5.91 Å². The van der Waals surface area contributed by atoms with Gasteiger partial charge in [-0.15, -0.1) is 0 Å². The molecule has 0 radical (unpaired) electrons. The molecule has 0 bridgehead atoms. The van der Waals surface area contributed by atoms with Gasteiger partial charge in [-0.3, -0.25) is 9.59 Å². The summed E-state index contributed by atoms with van der Waals surface area (Å²) in [5.74, 6) is 0.712. The number of hydrogen-bond acceptors (Lipinski definition) is 7. The van der Waals surface area contributed by atoms with Crippen molar-refractivity contribution in [2.45, 2.75) is 6.92 Å². The Morgan fingerprint density at radius 2 is 1.62 bits per heavy atom. The molecule has 0 saturated carbocycles. The number of methoxy groups -OCH3 is 2. The maximum atomic E-state index is 13.7. The van der Waals surface area contributed by atoms with Crippen LogP contribution in [0, 0.1) is 0 Å². The zero-order chi connectivity index (χ0) is 22.7. The molecule has 2 aromatic carbocycles. The molecule has 1 fully saturated rings. The van der Waals surface area contributed by atoms with Gasteiger partial charge in [-0.2, -0.15) is 0 Å². The van der Waals surface area contributed by atoms with Gasteiger partial charge in [0.15, 0.2) is 11.5 Å². The Kier molecular flexibility index (Phi) is 6.32. The van der Waals surface area contributed by atoms with Gasteiger partial charge < -0.3 is 23.8 Å². The summed E-state index contributed by atoms with van der Waals surface area (Å²) in [6.07, 6.45) is 0. The summed E-state index contributed by atoms with van der Waals surface area (Å²) < 4.78 is 21.9. The molecule has 0 spiro atoms. The molecule has 0 aromatic heterocycles. The van der Waals surface area contributed by atoms with Gasteiger partial charge in [-0.25, -0.2) is 4.90 Å². The van der Waals surface area contributed by atoms with Gasteiger partial charge in [-0.05, 0) is 36.8 Å². The van der Waals surface area contributed by atoms with Crippen molar-refractivity contribution < 1.29 is 28.5 Å². The first-order chi connectivity index (χ1) is 15.6. The number of carbonyl (C=O) groups excluding carboxylic acids is 2. The van der Waals surface area contributed by atoms with Gasteiger partial charge in [0.05, 0.1) is 45.3 Å². The summed E-state index contributed by atoms with van der Waals surface area (Å²) in [7, 11) is 3.08. The molecule has 2 aliphatic heterocycles. The summed E-state index contributed by atoms with van der Waals surface area (Å²) in [5, 5.41) is 0.